The minimum Gasteiger partial charge on any atom is -0.340 e. The number of fused-ring (bicyclic) bond motifs is 4. The van der Waals surface area contributed by atoms with Gasteiger partial charge in [-0.25, -0.2) is 0 Å². The van der Waals surface area contributed by atoms with Gasteiger partial charge in [-0.05, 0) is 143 Å². The van der Waals surface area contributed by atoms with Gasteiger partial charge in [0.2, 0.25) is 0 Å². The van der Waals surface area contributed by atoms with Gasteiger partial charge < -0.3 is 4.90 Å². The van der Waals surface area contributed by atoms with E-state index in [1.165, 1.54) is 94.2 Å². The first-order valence-electron chi connectivity index (χ1n) is 22.6. The van der Waals surface area contributed by atoms with E-state index in [0.717, 1.165) is 57.8 Å². The molecule has 5 aromatic rings. The van der Waals surface area contributed by atoms with Crippen molar-refractivity contribution in [2.24, 2.45) is 0 Å². The maximum Gasteiger partial charge on any atom is 0.0554 e. The van der Waals surface area contributed by atoms with E-state index in [9.17, 15) is 0 Å². The van der Waals surface area contributed by atoms with E-state index >= 15 is 0 Å². The summed E-state index contributed by atoms with van der Waals surface area (Å²) in [6.45, 7) is 0. The second-order valence-electron chi connectivity index (χ2n) is 17.4. The zero-order valence-corrected chi connectivity index (χ0v) is 35.3. The highest BCUT2D eigenvalue weighted by molar-refractivity contribution is 7.17. The molecule has 2 heteroatoms. The molecule has 6 aliphatic carbocycles. The third-order valence-electron chi connectivity index (χ3n) is 13.9. The number of nitrogens with zero attached hydrogens (tertiary/aromatic N) is 1. The lowest BCUT2D eigenvalue weighted by Gasteiger charge is -2.40. The predicted octanol–water partition coefficient (Wildman–Crippen LogP) is 14.0. The molecular formula is C58H53NS. The van der Waals surface area contributed by atoms with Gasteiger partial charge in [0.05, 0.1) is 10.6 Å². The van der Waals surface area contributed by atoms with Crippen LogP contribution in [0.4, 0.5) is 0 Å². The van der Waals surface area contributed by atoms with Crippen LogP contribution in [0, 0.1) is 0 Å². The fourth-order valence-corrected chi connectivity index (χ4v) is 12.3. The van der Waals surface area contributed by atoms with Crippen LogP contribution < -0.4 is 9.75 Å². The lowest BCUT2D eigenvalue weighted by atomic mass is 9.79. The van der Waals surface area contributed by atoms with Gasteiger partial charge in [-0.1, -0.05) is 164 Å². The molecule has 1 heterocycles. The normalized spacial score (nSPS) is 22.0. The molecular weight excluding hydrogens is 743 g/mol. The largest absolute Gasteiger partial charge is 0.340 e. The minimum absolute atomic E-state index is 0.270. The molecule has 0 saturated heterocycles. The molecule has 296 valence electrons. The number of rotatable bonds is 8. The van der Waals surface area contributed by atoms with Crippen molar-refractivity contribution in [3.05, 3.63) is 212 Å². The van der Waals surface area contributed by atoms with Gasteiger partial charge in [0.1, 0.15) is 0 Å². The summed E-state index contributed by atoms with van der Waals surface area (Å²) in [5.74, 6) is 0.981. The Balaban J connectivity index is 0.973. The molecule has 3 atom stereocenters. The number of benzene rings is 4. The number of hydrogen-bond acceptors (Lipinski definition) is 2. The molecule has 11 rings (SSSR count). The zero-order valence-electron chi connectivity index (χ0n) is 34.5. The van der Waals surface area contributed by atoms with Crippen molar-refractivity contribution < 1.29 is 0 Å². The molecule has 0 amide bonds. The SMILES string of the molecule is C1=CCC(c2ccccc2C2=CCCC=C2C2=CCC(N(C3=CCC(c4cccc5c4C=CCC5)CC3)C3=c4sc5cccc(-c6ccccc6)c5c4=CCC3)C=C2)C=C1. The lowest BCUT2D eigenvalue weighted by Crippen LogP contribution is -2.40. The Morgan fingerprint density at radius 3 is 2.28 bits per heavy atom. The summed E-state index contributed by atoms with van der Waals surface area (Å²) in [5, 5.41) is 2.86. The Kier molecular flexibility index (Phi) is 10.2. The van der Waals surface area contributed by atoms with Gasteiger partial charge >= 0.3 is 0 Å². The molecule has 0 radical (unpaired) electrons. The molecule has 0 bridgehead atoms. The van der Waals surface area contributed by atoms with Crippen molar-refractivity contribution in [1.82, 2.24) is 4.90 Å². The van der Waals surface area contributed by atoms with Gasteiger partial charge in [0.15, 0.2) is 0 Å². The van der Waals surface area contributed by atoms with Crippen molar-refractivity contribution >= 4 is 44.8 Å². The van der Waals surface area contributed by atoms with Crippen LogP contribution in [0.15, 0.2) is 175 Å². The van der Waals surface area contributed by atoms with Gasteiger partial charge in [0.25, 0.3) is 0 Å². The van der Waals surface area contributed by atoms with E-state index in [1.54, 1.807) is 5.56 Å². The summed E-state index contributed by atoms with van der Waals surface area (Å²) in [5.41, 5.74) is 17.3. The fraction of sp³-hybridized carbons (Fsp3) is 0.241. The quantitative estimate of drug-likeness (QED) is 0.151. The Morgan fingerprint density at radius 2 is 1.43 bits per heavy atom. The van der Waals surface area contributed by atoms with E-state index in [4.69, 9.17) is 0 Å². The third kappa shape index (κ3) is 6.89. The fourth-order valence-electron chi connectivity index (χ4n) is 11.0. The van der Waals surface area contributed by atoms with Crippen LogP contribution in [0.1, 0.15) is 104 Å². The van der Waals surface area contributed by atoms with Gasteiger partial charge in [0, 0.05) is 27.4 Å². The minimum atomic E-state index is 0.270. The monoisotopic (exact) mass is 795 g/mol. The topological polar surface area (TPSA) is 3.24 Å². The van der Waals surface area contributed by atoms with E-state index in [0.29, 0.717) is 11.8 Å². The second-order valence-corrected chi connectivity index (χ2v) is 18.4. The number of aryl methyl sites for hydroxylation is 1. The standard InChI is InChI=1S/C58H53NS/c1-3-16-40(17-4-1)49-23-9-11-25-52(49)53-26-12-10-24-50(53)44-34-38-46(39-35-44)59(45-36-32-43(33-37-45)48-27-13-21-41-20-7-8-22-47(41)48)55-30-14-29-54-57-51(42-18-5-2-6-19-42)28-15-31-56(57)60-58(54)55/h1-6,8-9,11,13,15-16,18-19,21-29,31,34-36,38,40,43,46H,7,10,12,14,17,20,30,32-33,37,39H2. The Hall–Kier alpha value is -5.70. The van der Waals surface area contributed by atoms with Crippen LogP contribution in [0.2, 0.25) is 0 Å². The van der Waals surface area contributed by atoms with Gasteiger partial charge in [-0.3, -0.25) is 0 Å². The molecule has 0 aliphatic heterocycles. The van der Waals surface area contributed by atoms with Crippen LogP contribution in [0.25, 0.3) is 44.6 Å². The van der Waals surface area contributed by atoms with Crippen molar-refractivity contribution in [3.63, 3.8) is 0 Å². The Morgan fingerprint density at radius 1 is 0.583 bits per heavy atom. The predicted molar refractivity (Wildman–Crippen MR) is 257 cm³/mol. The van der Waals surface area contributed by atoms with E-state index in [-0.39, 0.29) is 6.04 Å². The van der Waals surface area contributed by atoms with E-state index in [2.05, 4.69) is 175 Å². The molecule has 0 N–H and O–H groups in total. The van der Waals surface area contributed by atoms with Gasteiger partial charge in [-0.2, -0.15) is 0 Å². The highest BCUT2D eigenvalue weighted by Crippen LogP contribution is 2.43. The average Bonchev–Trinajstić information content (AvgIpc) is 3.72. The van der Waals surface area contributed by atoms with Crippen LogP contribution in [0.3, 0.4) is 0 Å². The number of thiophene rings is 1. The molecule has 0 spiro atoms. The third-order valence-corrected chi connectivity index (χ3v) is 15.1. The van der Waals surface area contributed by atoms with Crippen LogP contribution in [-0.4, -0.2) is 10.9 Å². The van der Waals surface area contributed by atoms with Crippen LogP contribution in [0.5, 0.6) is 0 Å². The van der Waals surface area contributed by atoms with Crippen LogP contribution >= 0.6 is 11.3 Å². The summed E-state index contributed by atoms with van der Waals surface area (Å²) < 4.78 is 2.86. The van der Waals surface area contributed by atoms with Crippen molar-refractivity contribution in [1.29, 1.82) is 0 Å². The molecule has 0 saturated carbocycles. The average molecular weight is 796 g/mol. The van der Waals surface area contributed by atoms with Crippen LogP contribution in [-0.2, 0) is 6.42 Å². The Labute approximate surface area is 359 Å². The van der Waals surface area contributed by atoms with E-state index in [1.807, 2.05) is 11.3 Å². The van der Waals surface area contributed by atoms with Crippen molar-refractivity contribution in [2.75, 3.05) is 0 Å². The smallest absolute Gasteiger partial charge is 0.0554 e. The first-order chi connectivity index (χ1) is 29.8. The molecule has 1 aromatic heterocycles. The van der Waals surface area contributed by atoms with Crippen molar-refractivity contribution in [3.8, 4) is 11.1 Å². The molecule has 6 aliphatic rings. The highest BCUT2D eigenvalue weighted by atomic mass is 32.1. The summed E-state index contributed by atoms with van der Waals surface area (Å²) >= 11 is 2.01. The summed E-state index contributed by atoms with van der Waals surface area (Å²) in [6, 6.07) is 34.4. The highest BCUT2D eigenvalue weighted by Gasteiger charge is 2.31. The maximum atomic E-state index is 2.83. The second kappa shape index (κ2) is 16.4. The lowest BCUT2D eigenvalue weighted by molar-refractivity contribution is 0.365. The molecule has 60 heavy (non-hydrogen) atoms. The summed E-state index contributed by atoms with van der Waals surface area (Å²) in [7, 11) is 0. The Bertz CT molecular complexity index is 2860. The van der Waals surface area contributed by atoms with Crippen molar-refractivity contribution in [2.45, 2.75) is 88.5 Å². The first-order valence-corrected chi connectivity index (χ1v) is 23.4. The number of hydrogen-bond donors (Lipinski definition) is 0. The molecule has 1 nitrogen and oxygen atoms in total. The number of allylic oxidation sites excluding steroid dienone is 13. The molecule has 3 unspecified atom stereocenters. The van der Waals surface area contributed by atoms with E-state index < -0.39 is 0 Å². The maximum absolute atomic E-state index is 2.83. The van der Waals surface area contributed by atoms with Gasteiger partial charge in [-0.15, -0.1) is 11.3 Å². The molecule has 0 fully saturated rings. The molecule has 4 aromatic carbocycles. The summed E-state index contributed by atoms with van der Waals surface area (Å²) in [6.07, 6.45) is 43.8. The first kappa shape index (κ1) is 37.3. The summed E-state index contributed by atoms with van der Waals surface area (Å²) in [4.78, 5) is 2.83. The zero-order chi connectivity index (χ0) is 39.8.